The van der Waals surface area contributed by atoms with Gasteiger partial charge in [0, 0.05) is 16.5 Å². The van der Waals surface area contributed by atoms with Gasteiger partial charge in [-0.1, -0.05) is 46.3 Å². The Hall–Kier alpha value is -2.04. The maximum atomic E-state index is 14.2. The highest BCUT2D eigenvalue weighted by molar-refractivity contribution is 9.10. The van der Waals surface area contributed by atoms with Crippen LogP contribution < -0.4 is 10.6 Å². The van der Waals surface area contributed by atoms with Crippen LogP contribution in [0.15, 0.2) is 59.1 Å². The molecule has 0 aliphatic carbocycles. The Balaban J connectivity index is 2.31. The summed E-state index contributed by atoms with van der Waals surface area (Å²) in [6.07, 6.45) is -8.81. The minimum Gasteiger partial charge on any atom is -0.384 e. The molecule has 0 spiro atoms. The van der Waals surface area contributed by atoms with E-state index in [2.05, 4.69) is 26.6 Å². The van der Waals surface area contributed by atoms with Crippen LogP contribution in [0.25, 0.3) is 0 Å². The summed E-state index contributed by atoms with van der Waals surface area (Å²) in [6, 6.07) is 13.9. The van der Waals surface area contributed by atoms with Crippen molar-refractivity contribution in [3.05, 3.63) is 70.2 Å². The van der Waals surface area contributed by atoms with Crippen LogP contribution in [0.3, 0.4) is 0 Å². The monoisotopic (exact) mass is 492 g/mol. The van der Waals surface area contributed by atoms with Gasteiger partial charge in [-0.05, 0) is 42.0 Å². The van der Waals surface area contributed by atoms with E-state index in [0.29, 0.717) is 4.47 Å². The average molecular weight is 493 g/mol. The number of rotatable bonds is 6. The lowest BCUT2D eigenvalue weighted by Gasteiger charge is -2.36. The molecule has 0 aromatic heterocycles. The zero-order valence-electron chi connectivity index (χ0n) is 14.8. The molecule has 2 aromatic carbocycles. The summed E-state index contributed by atoms with van der Waals surface area (Å²) >= 11 is 8.23. The third-order valence-electron chi connectivity index (χ3n) is 4.14. The van der Waals surface area contributed by atoms with Crippen LogP contribution in [0.5, 0.6) is 0 Å². The van der Waals surface area contributed by atoms with Crippen molar-refractivity contribution in [1.29, 1.82) is 0 Å². The number of aliphatic hydroxyl groups excluding tert-OH is 1. The van der Waals surface area contributed by atoms with Gasteiger partial charge in [-0.2, -0.15) is 13.2 Å². The SMILES string of the molecule is O=C(NC(=S)N[C@@](CF)(C[C@H](O)C(F)(F)F)c1cccc(Br)c1)c1ccccc1. The van der Waals surface area contributed by atoms with Crippen molar-refractivity contribution in [3.63, 3.8) is 0 Å². The van der Waals surface area contributed by atoms with Crippen LogP contribution in [0.1, 0.15) is 22.3 Å². The molecule has 0 bridgehead atoms. The number of benzene rings is 2. The van der Waals surface area contributed by atoms with Gasteiger partial charge in [-0.3, -0.25) is 10.1 Å². The predicted octanol–water partition coefficient (Wildman–Crippen LogP) is 4.23. The van der Waals surface area contributed by atoms with Gasteiger partial charge in [-0.15, -0.1) is 0 Å². The van der Waals surface area contributed by atoms with E-state index in [9.17, 15) is 27.5 Å². The number of hydrogen-bond donors (Lipinski definition) is 3. The van der Waals surface area contributed by atoms with E-state index < -0.39 is 36.8 Å². The van der Waals surface area contributed by atoms with E-state index in [0.717, 1.165) is 0 Å². The van der Waals surface area contributed by atoms with Gasteiger partial charge in [-0.25, -0.2) is 4.39 Å². The standard InChI is InChI=1S/C19H17BrF4N2O2S/c20-14-8-4-7-13(9-14)18(11-21,10-15(27)19(22,23)24)26-17(29)25-16(28)12-5-2-1-3-6-12/h1-9,15,27H,10-11H2,(H2,25,26,28,29)/t15-,18+/m0/s1. The van der Waals surface area contributed by atoms with Gasteiger partial charge < -0.3 is 10.4 Å². The molecule has 10 heteroatoms. The Kier molecular flexibility index (Phi) is 7.73. The molecular formula is C19H17BrF4N2O2S. The largest absolute Gasteiger partial charge is 0.414 e. The lowest BCUT2D eigenvalue weighted by molar-refractivity contribution is -0.210. The van der Waals surface area contributed by atoms with Gasteiger partial charge in [0.1, 0.15) is 6.67 Å². The minimum atomic E-state index is -4.96. The molecule has 0 aliphatic heterocycles. The minimum absolute atomic E-state index is 0.119. The molecule has 0 saturated heterocycles. The summed E-state index contributed by atoms with van der Waals surface area (Å²) in [5.74, 6) is -0.610. The Labute approximate surface area is 178 Å². The number of halogens is 5. The number of alkyl halides is 4. The summed E-state index contributed by atoms with van der Waals surface area (Å²) in [7, 11) is 0. The Morgan fingerprint density at radius 3 is 2.34 bits per heavy atom. The van der Waals surface area contributed by atoms with Crippen molar-refractivity contribution in [2.45, 2.75) is 24.2 Å². The number of amides is 1. The fraction of sp³-hybridized carbons (Fsp3) is 0.263. The molecule has 0 radical (unpaired) electrons. The quantitative estimate of drug-likeness (QED) is 0.417. The van der Waals surface area contributed by atoms with Gasteiger partial charge in [0.25, 0.3) is 5.91 Å². The summed E-state index contributed by atoms with van der Waals surface area (Å²) < 4.78 is 53.6. The van der Waals surface area contributed by atoms with E-state index in [1.165, 1.54) is 30.3 Å². The fourth-order valence-electron chi connectivity index (χ4n) is 2.65. The average Bonchev–Trinajstić information content (AvgIpc) is 2.67. The van der Waals surface area contributed by atoms with Crippen LogP contribution in [0.2, 0.25) is 0 Å². The van der Waals surface area contributed by atoms with Crippen molar-refractivity contribution >= 4 is 39.2 Å². The maximum absolute atomic E-state index is 14.2. The topological polar surface area (TPSA) is 61.4 Å². The third kappa shape index (κ3) is 6.22. The van der Waals surface area contributed by atoms with E-state index in [1.54, 1.807) is 24.3 Å². The van der Waals surface area contributed by atoms with E-state index in [4.69, 9.17) is 12.2 Å². The Morgan fingerprint density at radius 2 is 1.79 bits per heavy atom. The van der Waals surface area contributed by atoms with Crippen molar-refractivity contribution in [3.8, 4) is 0 Å². The third-order valence-corrected chi connectivity index (χ3v) is 4.84. The van der Waals surface area contributed by atoms with E-state index >= 15 is 0 Å². The normalized spacial score (nSPS) is 14.6. The van der Waals surface area contributed by atoms with Crippen molar-refractivity contribution in [2.75, 3.05) is 6.67 Å². The highest BCUT2D eigenvalue weighted by Gasteiger charge is 2.46. The molecule has 0 saturated carbocycles. The highest BCUT2D eigenvalue weighted by atomic mass is 79.9. The smallest absolute Gasteiger partial charge is 0.384 e. The molecule has 1 amide bonds. The van der Waals surface area contributed by atoms with Crippen molar-refractivity contribution in [1.82, 2.24) is 10.6 Å². The van der Waals surface area contributed by atoms with Gasteiger partial charge in [0.2, 0.25) is 0 Å². The summed E-state index contributed by atoms with van der Waals surface area (Å²) in [6.45, 7) is -1.32. The molecule has 2 atom stereocenters. The van der Waals surface area contributed by atoms with E-state index in [1.807, 2.05) is 0 Å². The van der Waals surface area contributed by atoms with Crippen molar-refractivity contribution in [2.24, 2.45) is 0 Å². The van der Waals surface area contributed by atoms with Crippen LogP contribution in [0.4, 0.5) is 17.6 Å². The maximum Gasteiger partial charge on any atom is 0.414 e. The van der Waals surface area contributed by atoms with Gasteiger partial charge in [0.15, 0.2) is 11.2 Å². The van der Waals surface area contributed by atoms with Crippen LogP contribution in [-0.2, 0) is 5.54 Å². The summed E-state index contributed by atoms with van der Waals surface area (Å²) in [5, 5.41) is 14.0. The fourth-order valence-corrected chi connectivity index (χ4v) is 3.34. The summed E-state index contributed by atoms with van der Waals surface area (Å²) in [4.78, 5) is 12.2. The predicted molar refractivity (Wildman–Crippen MR) is 108 cm³/mol. The van der Waals surface area contributed by atoms with E-state index in [-0.39, 0.29) is 16.2 Å². The van der Waals surface area contributed by atoms with Crippen LogP contribution in [-0.4, -0.2) is 35.1 Å². The zero-order chi connectivity index (χ0) is 21.7. The number of carbonyl (C=O) groups is 1. The van der Waals surface area contributed by atoms with Crippen LogP contribution in [0, 0.1) is 0 Å². The second kappa shape index (κ2) is 9.64. The summed E-state index contributed by atoms with van der Waals surface area (Å²) in [5.41, 5.74) is -1.63. The lowest BCUT2D eigenvalue weighted by atomic mass is 9.85. The molecule has 0 unspecified atom stereocenters. The molecule has 0 aliphatic rings. The first-order valence-corrected chi connectivity index (χ1v) is 9.53. The first-order chi connectivity index (χ1) is 13.6. The number of aliphatic hydroxyl groups is 1. The molecule has 29 heavy (non-hydrogen) atoms. The lowest BCUT2D eigenvalue weighted by Crippen LogP contribution is -2.55. The first-order valence-electron chi connectivity index (χ1n) is 8.33. The molecule has 0 fully saturated rings. The molecule has 3 N–H and O–H groups in total. The second-order valence-corrected chi connectivity index (χ2v) is 7.59. The number of hydrogen-bond acceptors (Lipinski definition) is 3. The second-order valence-electron chi connectivity index (χ2n) is 6.26. The molecule has 156 valence electrons. The Bertz CT molecular complexity index is 867. The molecule has 2 aromatic rings. The number of carbonyl (C=O) groups excluding carboxylic acids is 1. The highest BCUT2D eigenvalue weighted by Crippen LogP contribution is 2.34. The van der Waals surface area contributed by atoms with Gasteiger partial charge in [0.05, 0.1) is 5.54 Å². The molecule has 4 nitrogen and oxygen atoms in total. The molecular weight excluding hydrogens is 476 g/mol. The first kappa shape index (κ1) is 23.2. The number of thiocarbonyl (C=S) groups is 1. The van der Waals surface area contributed by atoms with Crippen molar-refractivity contribution < 1.29 is 27.5 Å². The molecule has 2 rings (SSSR count). The number of nitrogens with one attached hydrogen (secondary N) is 2. The zero-order valence-corrected chi connectivity index (χ0v) is 17.2. The van der Waals surface area contributed by atoms with Gasteiger partial charge >= 0.3 is 6.18 Å². The van der Waals surface area contributed by atoms with Crippen LogP contribution >= 0.6 is 28.1 Å². The molecule has 0 heterocycles. The Morgan fingerprint density at radius 1 is 1.14 bits per heavy atom.